The Morgan fingerprint density at radius 2 is 1.86 bits per heavy atom. The summed E-state index contributed by atoms with van der Waals surface area (Å²) in [5.74, 6) is 0.112. The second-order valence-corrected chi connectivity index (χ2v) is 8.33. The van der Waals surface area contributed by atoms with Crippen molar-refractivity contribution in [1.82, 2.24) is 4.72 Å². The van der Waals surface area contributed by atoms with E-state index >= 15 is 0 Å². The Balaban J connectivity index is 1.55. The van der Waals surface area contributed by atoms with Crippen molar-refractivity contribution in [3.8, 4) is 11.8 Å². The predicted molar refractivity (Wildman–Crippen MR) is 104 cm³/mol. The second kappa shape index (κ2) is 8.87. The van der Waals surface area contributed by atoms with E-state index < -0.39 is 22.5 Å². The SMILES string of the molecule is N#Cc1cccc(NC(=O)CNS(=O)(=O)c2ccc(OC3CCCC3)cc2)c1. The Morgan fingerprint density at radius 1 is 1.14 bits per heavy atom. The first-order valence-corrected chi connectivity index (χ1v) is 10.5. The van der Waals surface area contributed by atoms with Crippen molar-refractivity contribution in [2.75, 3.05) is 11.9 Å². The molecule has 28 heavy (non-hydrogen) atoms. The quantitative estimate of drug-likeness (QED) is 0.744. The van der Waals surface area contributed by atoms with E-state index in [-0.39, 0.29) is 11.0 Å². The molecule has 3 rings (SSSR count). The fraction of sp³-hybridized carbons (Fsp3) is 0.300. The van der Waals surface area contributed by atoms with Crippen LogP contribution in [0.4, 0.5) is 5.69 Å². The maximum absolute atomic E-state index is 12.4. The number of hydrogen-bond donors (Lipinski definition) is 2. The van der Waals surface area contributed by atoms with Gasteiger partial charge in [0.2, 0.25) is 15.9 Å². The third-order valence-electron chi connectivity index (χ3n) is 4.44. The third kappa shape index (κ3) is 5.31. The van der Waals surface area contributed by atoms with Gasteiger partial charge in [-0.1, -0.05) is 6.07 Å². The van der Waals surface area contributed by atoms with Crippen LogP contribution in [-0.2, 0) is 14.8 Å². The number of anilines is 1. The molecule has 2 aromatic carbocycles. The van der Waals surface area contributed by atoms with Crippen molar-refractivity contribution in [2.45, 2.75) is 36.7 Å². The van der Waals surface area contributed by atoms with E-state index in [2.05, 4.69) is 10.0 Å². The Kier molecular flexibility index (Phi) is 6.29. The lowest BCUT2D eigenvalue weighted by Gasteiger charge is -2.13. The molecule has 7 nitrogen and oxygen atoms in total. The van der Waals surface area contributed by atoms with E-state index in [4.69, 9.17) is 10.00 Å². The highest BCUT2D eigenvalue weighted by Gasteiger charge is 2.18. The van der Waals surface area contributed by atoms with Crippen LogP contribution in [0.25, 0.3) is 0 Å². The van der Waals surface area contributed by atoms with Gasteiger partial charge in [-0.2, -0.15) is 5.26 Å². The average molecular weight is 399 g/mol. The van der Waals surface area contributed by atoms with Gasteiger partial charge < -0.3 is 10.1 Å². The highest BCUT2D eigenvalue weighted by molar-refractivity contribution is 7.89. The molecular weight excluding hydrogens is 378 g/mol. The summed E-state index contributed by atoms with van der Waals surface area (Å²) in [7, 11) is -3.82. The number of nitrogens with zero attached hydrogens (tertiary/aromatic N) is 1. The van der Waals surface area contributed by atoms with E-state index in [1.165, 1.54) is 18.2 Å². The minimum absolute atomic E-state index is 0.0607. The molecule has 0 aromatic heterocycles. The summed E-state index contributed by atoms with van der Waals surface area (Å²) in [6, 6.07) is 14.5. The Bertz CT molecular complexity index is 975. The number of nitriles is 1. The Morgan fingerprint density at radius 3 is 2.54 bits per heavy atom. The first kappa shape index (κ1) is 19.9. The molecule has 8 heteroatoms. The second-order valence-electron chi connectivity index (χ2n) is 6.56. The van der Waals surface area contributed by atoms with Crippen LogP contribution in [0.2, 0.25) is 0 Å². The zero-order valence-electron chi connectivity index (χ0n) is 15.2. The van der Waals surface area contributed by atoms with Crippen LogP contribution in [0.3, 0.4) is 0 Å². The summed E-state index contributed by atoms with van der Waals surface area (Å²) in [5.41, 5.74) is 0.829. The van der Waals surface area contributed by atoms with Gasteiger partial charge in [-0.05, 0) is 68.1 Å². The molecular formula is C20H21N3O4S. The van der Waals surface area contributed by atoms with Crippen LogP contribution >= 0.6 is 0 Å². The van der Waals surface area contributed by atoms with E-state index in [9.17, 15) is 13.2 Å². The minimum atomic E-state index is -3.82. The van der Waals surface area contributed by atoms with Crippen molar-refractivity contribution in [3.05, 3.63) is 54.1 Å². The number of ether oxygens (including phenoxy) is 1. The Hall–Kier alpha value is -2.89. The molecule has 146 valence electrons. The molecule has 2 aromatic rings. The highest BCUT2D eigenvalue weighted by Crippen LogP contribution is 2.24. The van der Waals surface area contributed by atoms with Crippen molar-refractivity contribution in [1.29, 1.82) is 5.26 Å². The van der Waals surface area contributed by atoms with E-state index in [0.29, 0.717) is 17.0 Å². The molecule has 2 N–H and O–H groups in total. The number of rotatable bonds is 7. The van der Waals surface area contributed by atoms with E-state index in [1.807, 2.05) is 6.07 Å². The molecule has 0 heterocycles. The van der Waals surface area contributed by atoms with Crippen molar-refractivity contribution in [3.63, 3.8) is 0 Å². The standard InChI is InChI=1S/C20H21N3O4S/c21-13-15-4-3-5-16(12-15)23-20(24)14-22-28(25,26)19-10-8-18(9-11-19)27-17-6-1-2-7-17/h3-5,8-12,17,22H,1-2,6-7,14H2,(H,23,24). The molecule has 1 amide bonds. The van der Waals surface area contributed by atoms with E-state index in [0.717, 1.165) is 25.7 Å². The number of carbonyl (C=O) groups excluding carboxylic acids is 1. The van der Waals surface area contributed by atoms with Crippen LogP contribution in [0, 0.1) is 11.3 Å². The van der Waals surface area contributed by atoms with Crippen LogP contribution in [-0.4, -0.2) is 27.0 Å². The number of sulfonamides is 1. The molecule has 0 radical (unpaired) electrons. The predicted octanol–water partition coefficient (Wildman–Crippen LogP) is 2.80. The summed E-state index contributed by atoms with van der Waals surface area (Å²) in [5, 5.41) is 11.4. The normalized spacial score (nSPS) is 14.4. The molecule has 0 bridgehead atoms. The van der Waals surface area contributed by atoms with Gasteiger partial charge >= 0.3 is 0 Å². The van der Waals surface area contributed by atoms with Crippen LogP contribution < -0.4 is 14.8 Å². The minimum Gasteiger partial charge on any atom is -0.490 e. The van der Waals surface area contributed by atoms with Gasteiger partial charge in [0.25, 0.3) is 0 Å². The molecule has 0 atom stereocenters. The van der Waals surface area contributed by atoms with Crippen molar-refractivity contribution >= 4 is 21.6 Å². The van der Waals surface area contributed by atoms with Crippen LogP contribution in [0.5, 0.6) is 5.75 Å². The monoisotopic (exact) mass is 399 g/mol. The lowest BCUT2D eigenvalue weighted by molar-refractivity contribution is -0.115. The van der Waals surface area contributed by atoms with Crippen molar-refractivity contribution in [2.24, 2.45) is 0 Å². The third-order valence-corrected chi connectivity index (χ3v) is 5.85. The van der Waals surface area contributed by atoms with Gasteiger partial charge in [-0.25, -0.2) is 13.1 Å². The lowest BCUT2D eigenvalue weighted by atomic mass is 10.2. The Labute approximate surface area is 164 Å². The van der Waals surface area contributed by atoms with Crippen molar-refractivity contribution < 1.29 is 17.9 Å². The summed E-state index contributed by atoms with van der Waals surface area (Å²) >= 11 is 0. The molecule has 1 fully saturated rings. The summed E-state index contributed by atoms with van der Waals surface area (Å²) in [4.78, 5) is 12.1. The zero-order valence-corrected chi connectivity index (χ0v) is 16.0. The number of amides is 1. The zero-order chi connectivity index (χ0) is 20.0. The maximum atomic E-state index is 12.4. The van der Waals surface area contributed by atoms with Gasteiger partial charge in [0, 0.05) is 5.69 Å². The number of benzene rings is 2. The first-order valence-electron chi connectivity index (χ1n) is 9.03. The fourth-order valence-corrected chi connectivity index (χ4v) is 3.99. The molecule has 0 saturated heterocycles. The fourth-order valence-electron chi connectivity index (χ4n) is 3.01. The number of carbonyl (C=O) groups is 1. The lowest BCUT2D eigenvalue weighted by Crippen LogP contribution is -2.32. The molecule has 1 saturated carbocycles. The van der Waals surface area contributed by atoms with Gasteiger partial charge in [-0.15, -0.1) is 0 Å². The van der Waals surface area contributed by atoms with Gasteiger partial charge in [0.15, 0.2) is 0 Å². The topological polar surface area (TPSA) is 108 Å². The molecule has 1 aliphatic rings. The largest absolute Gasteiger partial charge is 0.490 e. The van der Waals surface area contributed by atoms with Crippen LogP contribution in [0.1, 0.15) is 31.2 Å². The average Bonchev–Trinajstić information content (AvgIpc) is 3.20. The number of hydrogen-bond acceptors (Lipinski definition) is 5. The molecule has 1 aliphatic carbocycles. The summed E-state index contributed by atoms with van der Waals surface area (Å²) < 4.78 is 32.8. The van der Waals surface area contributed by atoms with Gasteiger partial charge in [0.1, 0.15) is 5.75 Å². The molecule has 0 aliphatic heterocycles. The van der Waals surface area contributed by atoms with E-state index in [1.54, 1.807) is 30.3 Å². The number of nitrogens with one attached hydrogen (secondary N) is 2. The maximum Gasteiger partial charge on any atom is 0.241 e. The summed E-state index contributed by atoms with van der Waals surface area (Å²) in [6.07, 6.45) is 4.55. The molecule has 0 spiro atoms. The van der Waals surface area contributed by atoms with Crippen LogP contribution in [0.15, 0.2) is 53.4 Å². The summed E-state index contributed by atoms with van der Waals surface area (Å²) in [6.45, 7) is -0.417. The molecule has 0 unspecified atom stereocenters. The first-order chi connectivity index (χ1) is 13.5. The smallest absolute Gasteiger partial charge is 0.241 e. The van der Waals surface area contributed by atoms with Gasteiger partial charge in [-0.3, -0.25) is 4.79 Å². The van der Waals surface area contributed by atoms with Gasteiger partial charge in [0.05, 0.1) is 29.2 Å². The highest BCUT2D eigenvalue weighted by atomic mass is 32.2.